The second kappa shape index (κ2) is 9.55. The van der Waals surface area contributed by atoms with Crippen molar-refractivity contribution in [1.29, 1.82) is 0 Å². The zero-order valence-corrected chi connectivity index (χ0v) is 23.0. The lowest BCUT2D eigenvalue weighted by Gasteiger charge is -2.22. The highest BCUT2D eigenvalue weighted by Crippen LogP contribution is 2.49. The molecule has 0 spiro atoms. The van der Waals surface area contributed by atoms with E-state index in [1.54, 1.807) is 0 Å². The zero-order valence-electron chi connectivity index (χ0n) is 22.3. The Balaban J connectivity index is 1.36. The fourth-order valence-electron chi connectivity index (χ4n) is 5.71. The lowest BCUT2D eigenvalue weighted by molar-refractivity contribution is 0.660. The first-order valence-electron chi connectivity index (χ1n) is 13.4. The van der Waals surface area contributed by atoms with E-state index in [-0.39, 0.29) is 5.41 Å². The van der Waals surface area contributed by atoms with Crippen molar-refractivity contribution in [3.8, 4) is 56.4 Å². The fraction of sp³-hybridized carbons (Fsp3) is 0.0833. The van der Waals surface area contributed by atoms with Gasteiger partial charge in [0.2, 0.25) is 0 Å². The van der Waals surface area contributed by atoms with E-state index in [0.29, 0.717) is 22.5 Å². The monoisotopic (exact) mass is 535 g/mol. The maximum atomic E-state index is 6.74. The number of rotatable bonds is 4. The van der Waals surface area contributed by atoms with Crippen LogP contribution in [0.2, 0.25) is 5.02 Å². The summed E-state index contributed by atoms with van der Waals surface area (Å²) in [5.74, 6) is 1.84. The van der Waals surface area contributed by atoms with Gasteiger partial charge >= 0.3 is 0 Å². The summed E-state index contributed by atoms with van der Waals surface area (Å²) in [5.41, 5.74) is 10.1. The van der Waals surface area contributed by atoms with Crippen molar-refractivity contribution in [2.24, 2.45) is 0 Å². The summed E-state index contributed by atoms with van der Waals surface area (Å²) in [6.07, 6.45) is 0. The van der Waals surface area contributed by atoms with Gasteiger partial charge in [0.05, 0.1) is 0 Å². The normalized spacial score (nSPS) is 13.1. The molecule has 192 valence electrons. The highest BCUT2D eigenvalue weighted by molar-refractivity contribution is 6.31. The molecule has 1 heterocycles. The molecule has 0 saturated carbocycles. The van der Waals surface area contributed by atoms with Crippen LogP contribution < -0.4 is 0 Å². The van der Waals surface area contributed by atoms with Gasteiger partial charge in [-0.3, -0.25) is 0 Å². The third-order valence-electron chi connectivity index (χ3n) is 7.77. The second-order valence-corrected chi connectivity index (χ2v) is 11.1. The van der Waals surface area contributed by atoms with E-state index >= 15 is 0 Å². The van der Waals surface area contributed by atoms with Crippen molar-refractivity contribution in [2.75, 3.05) is 0 Å². The topological polar surface area (TPSA) is 38.7 Å². The van der Waals surface area contributed by atoms with Crippen LogP contribution >= 0.6 is 11.6 Å². The number of halogens is 1. The molecular formula is C36H26ClN3. The van der Waals surface area contributed by atoms with E-state index in [2.05, 4.69) is 62.4 Å². The largest absolute Gasteiger partial charge is 0.208 e. The average Bonchev–Trinajstić information content (AvgIpc) is 3.23. The molecule has 7 rings (SSSR count). The Labute approximate surface area is 239 Å². The Kier molecular flexibility index (Phi) is 5.83. The van der Waals surface area contributed by atoms with Crippen molar-refractivity contribution in [3.63, 3.8) is 0 Å². The summed E-state index contributed by atoms with van der Waals surface area (Å²) in [4.78, 5) is 14.6. The molecule has 1 aliphatic carbocycles. The minimum Gasteiger partial charge on any atom is -0.208 e. The maximum Gasteiger partial charge on any atom is 0.164 e. The molecule has 6 aromatic rings. The van der Waals surface area contributed by atoms with Crippen molar-refractivity contribution in [2.45, 2.75) is 19.3 Å². The Morgan fingerprint density at radius 3 is 1.62 bits per heavy atom. The second-order valence-electron chi connectivity index (χ2n) is 10.7. The Morgan fingerprint density at radius 2 is 0.975 bits per heavy atom. The highest BCUT2D eigenvalue weighted by atomic mass is 35.5. The predicted molar refractivity (Wildman–Crippen MR) is 164 cm³/mol. The third-order valence-corrected chi connectivity index (χ3v) is 7.99. The summed E-state index contributed by atoms with van der Waals surface area (Å²) >= 11 is 6.74. The predicted octanol–water partition coefficient (Wildman–Crippen LogP) is 9.50. The smallest absolute Gasteiger partial charge is 0.164 e. The Hall–Kier alpha value is -4.60. The van der Waals surface area contributed by atoms with Crippen molar-refractivity contribution in [3.05, 3.63) is 137 Å². The highest BCUT2D eigenvalue weighted by Gasteiger charge is 2.35. The van der Waals surface area contributed by atoms with E-state index in [0.717, 1.165) is 27.8 Å². The Bertz CT molecular complexity index is 1820. The van der Waals surface area contributed by atoms with Crippen LogP contribution in [0, 0.1) is 0 Å². The molecule has 1 aromatic heterocycles. The van der Waals surface area contributed by atoms with Gasteiger partial charge in [0.15, 0.2) is 17.5 Å². The van der Waals surface area contributed by atoms with E-state index in [1.165, 1.54) is 22.3 Å². The van der Waals surface area contributed by atoms with Crippen molar-refractivity contribution in [1.82, 2.24) is 15.0 Å². The van der Waals surface area contributed by atoms with Gasteiger partial charge in [-0.2, -0.15) is 0 Å². The molecule has 3 nitrogen and oxygen atoms in total. The lowest BCUT2D eigenvalue weighted by atomic mass is 9.81. The first-order chi connectivity index (χ1) is 19.5. The summed E-state index contributed by atoms with van der Waals surface area (Å²) in [5, 5.41) is 0.637. The van der Waals surface area contributed by atoms with Gasteiger partial charge in [0.1, 0.15) is 0 Å². The van der Waals surface area contributed by atoms with Crippen LogP contribution in [0.15, 0.2) is 121 Å². The number of fused-ring (bicyclic) bond motifs is 3. The molecular weight excluding hydrogens is 510 g/mol. The minimum absolute atomic E-state index is 0.0767. The van der Waals surface area contributed by atoms with E-state index in [4.69, 9.17) is 26.6 Å². The van der Waals surface area contributed by atoms with Gasteiger partial charge in [0.25, 0.3) is 0 Å². The quantitative estimate of drug-likeness (QED) is 0.225. The molecule has 0 amide bonds. The molecule has 0 fully saturated rings. The Morgan fingerprint density at radius 1 is 0.450 bits per heavy atom. The minimum atomic E-state index is -0.0767. The number of aromatic nitrogens is 3. The van der Waals surface area contributed by atoms with E-state index < -0.39 is 0 Å². The molecule has 0 N–H and O–H groups in total. The SMILES string of the molecule is CC1(C)c2ccccc2-c2ccc(-c3cc(Cl)cc(-c4nc(-c5ccccc5)nc(-c5ccccc5)n4)c3)cc21. The van der Waals surface area contributed by atoms with Crippen LogP contribution in [0.1, 0.15) is 25.0 Å². The van der Waals surface area contributed by atoms with Gasteiger partial charge in [-0.25, -0.2) is 15.0 Å². The van der Waals surface area contributed by atoms with Crippen LogP contribution in [-0.4, -0.2) is 15.0 Å². The molecule has 40 heavy (non-hydrogen) atoms. The van der Waals surface area contributed by atoms with Gasteiger partial charge in [-0.1, -0.05) is 123 Å². The summed E-state index contributed by atoms with van der Waals surface area (Å²) in [7, 11) is 0. The number of hydrogen-bond donors (Lipinski definition) is 0. The van der Waals surface area contributed by atoms with Gasteiger partial charge in [0, 0.05) is 27.1 Å². The lowest BCUT2D eigenvalue weighted by Crippen LogP contribution is -2.14. The van der Waals surface area contributed by atoms with E-state index in [9.17, 15) is 0 Å². The number of benzene rings is 5. The zero-order chi connectivity index (χ0) is 27.3. The van der Waals surface area contributed by atoms with Crippen molar-refractivity contribution >= 4 is 11.6 Å². The van der Waals surface area contributed by atoms with Crippen LogP contribution in [0.25, 0.3) is 56.4 Å². The first-order valence-corrected chi connectivity index (χ1v) is 13.8. The molecule has 1 aliphatic rings. The molecule has 0 aliphatic heterocycles. The molecule has 0 atom stereocenters. The van der Waals surface area contributed by atoms with Crippen LogP contribution in [0.3, 0.4) is 0 Å². The first kappa shape index (κ1) is 24.4. The molecule has 0 unspecified atom stereocenters. The van der Waals surface area contributed by atoms with Crippen LogP contribution in [0.4, 0.5) is 0 Å². The molecule has 0 bridgehead atoms. The summed E-state index contributed by atoms with van der Waals surface area (Å²) in [6, 6.07) is 41.5. The van der Waals surface area contributed by atoms with Crippen LogP contribution in [0.5, 0.6) is 0 Å². The number of hydrogen-bond acceptors (Lipinski definition) is 3. The third kappa shape index (κ3) is 4.20. The van der Waals surface area contributed by atoms with Crippen LogP contribution in [-0.2, 0) is 5.41 Å². The average molecular weight is 536 g/mol. The van der Waals surface area contributed by atoms with Gasteiger partial charge < -0.3 is 0 Å². The fourth-order valence-corrected chi connectivity index (χ4v) is 5.94. The standard InChI is InChI=1S/C36H26ClN3/c1-36(2)31-16-10-9-15-29(31)30-18-17-25(22-32(30)36)26-19-27(21-28(37)20-26)35-39-33(23-11-5-3-6-12-23)38-34(40-35)24-13-7-4-8-14-24/h3-22H,1-2H3. The molecule has 0 radical (unpaired) electrons. The molecule has 4 heteroatoms. The summed E-state index contributed by atoms with van der Waals surface area (Å²) < 4.78 is 0. The maximum absolute atomic E-state index is 6.74. The van der Waals surface area contributed by atoms with E-state index in [1.807, 2.05) is 72.8 Å². The number of nitrogens with zero attached hydrogens (tertiary/aromatic N) is 3. The molecule has 5 aromatic carbocycles. The van der Waals surface area contributed by atoms with Crippen molar-refractivity contribution < 1.29 is 0 Å². The molecule has 0 saturated heterocycles. The summed E-state index contributed by atoms with van der Waals surface area (Å²) in [6.45, 7) is 4.59. The van der Waals surface area contributed by atoms with Gasteiger partial charge in [-0.05, 0) is 57.6 Å². The van der Waals surface area contributed by atoms with Gasteiger partial charge in [-0.15, -0.1) is 0 Å².